The summed E-state index contributed by atoms with van der Waals surface area (Å²) in [6, 6.07) is 6.35. The predicted octanol–water partition coefficient (Wildman–Crippen LogP) is 3.59. The molecule has 0 aliphatic rings. The molecule has 1 atom stereocenters. The van der Waals surface area contributed by atoms with Gasteiger partial charge in [-0.3, -0.25) is 13.9 Å². The van der Waals surface area contributed by atoms with E-state index in [0.29, 0.717) is 11.1 Å². The zero-order chi connectivity index (χ0) is 22.6. The summed E-state index contributed by atoms with van der Waals surface area (Å²) >= 11 is 0. The second-order valence-electron chi connectivity index (χ2n) is 6.77. The highest BCUT2D eigenvalue weighted by atomic mass is 19.4. The number of hydrogen-bond donors (Lipinski definition) is 1. The van der Waals surface area contributed by atoms with E-state index in [1.54, 1.807) is 13.2 Å². The molecule has 2 heterocycles. The van der Waals surface area contributed by atoms with Gasteiger partial charge in [-0.2, -0.15) is 5.10 Å². The van der Waals surface area contributed by atoms with Crippen LogP contribution in [0.5, 0.6) is 5.75 Å². The van der Waals surface area contributed by atoms with Crippen LogP contribution in [0.15, 0.2) is 42.7 Å². The van der Waals surface area contributed by atoms with Gasteiger partial charge >= 0.3 is 6.36 Å². The van der Waals surface area contributed by atoms with Crippen molar-refractivity contribution in [3.05, 3.63) is 48.4 Å². The summed E-state index contributed by atoms with van der Waals surface area (Å²) in [6.07, 6.45) is -1.95. The minimum Gasteiger partial charge on any atom is -0.406 e. The number of aryl methyl sites for hydroxylation is 1. The van der Waals surface area contributed by atoms with Crippen LogP contribution in [-0.4, -0.2) is 50.3 Å². The summed E-state index contributed by atoms with van der Waals surface area (Å²) in [6.45, 7) is -1.35. The summed E-state index contributed by atoms with van der Waals surface area (Å²) in [5.41, 5.74) is 1.20. The van der Waals surface area contributed by atoms with Crippen LogP contribution in [0, 0.1) is 5.92 Å². The first kappa shape index (κ1) is 22.3. The number of alkyl halides is 4. The van der Waals surface area contributed by atoms with E-state index in [1.165, 1.54) is 29.1 Å². The number of halogens is 4. The lowest BCUT2D eigenvalue weighted by molar-refractivity contribution is -0.274. The highest BCUT2D eigenvalue weighted by molar-refractivity contribution is 5.95. The first-order chi connectivity index (χ1) is 14.7. The minimum absolute atomic E-state index is 0.00799. The Hall–Kier alpha value is -3.34. The van der Waals surface area contributed by atoms with Crippen LogP contribution in [0.2, 0.25) is 0 Å². The molecule has 164 valence electrons. The maximum atomic E-state index is 12.9. The Morgan fingerprint density at radius 2 is 1.90 bits per heavy atom. The molecule has 0 fully saturated rings. The van der Waals surface area contributed by atoms with Crippen molar-refractivity contribution in [3.8, 4) is 28.4 Å². The highest BCUT2D eigenvalue weighted by Gasteiger charge is 2.31. The number of Topliss-reactive ketones (excluding diaryl/α,β-unsaturated/α-hetero) is 1. The molecule has 0 spiro atoms. The molecule has 0 bridgehead atoms. The third-order valence-electron chi connectivity index (χ3n) is 4.31. The normalized spacial score (nSPS) is 12.6. The molecule has 11 heteroatoms. The maximum absolute atomic E-state index is 12.9. The summed E-state index contributed by atoms with van der Waals surface area (Å²) < 4.78 is 55.4. The number of hydrogen-bond acceptors (Lipinski definition) is 6. The van der Waals surface area contributed by atoms with Gasteiger partial charge < -0.3 is 9.84 Å². The third kappa shape index (κ3) is 5.85. The molecular formula is C20H18F4N4O3. The zero-order valence-electron chi connectivity index (χ0n) is 16.3. The quantitative estimate of drug-likeness (QED) is 0.427. The molecule has 0 aliphatic carbocycles. The van der Waals surface area contributed by atoms with Crippen molar-refractivity contribution in [2.75, 3.05) is 13.3 Å². The molecule has 0 radical (unpaired) electrons. The molecular weight excluding hydrogens is 420 g/mol. The Balaban J connectivity index is 2.00. The number of aliphatic hydroxyl groups excluding tert-OH is 1. The van der Waals surface area contributed by atoms with E-state index in [4.69, 9.17) is 5.11 Å². The maximum Gasteiger partial charge on any atom is 0.573 e. The van der Waals surface area contributed by atoms with Crippen molar-refractivity contribution in [3.63, 3.8) is 0 Å². The fourth-order valence-corrected chi connectivity index (χ4v) is 2.77. The molecule has 3 aromatic rings. The average molecular weight is 438 g/mol. The first-order valence-electron chi connectivity index (χ1n) is 9.13. The standard InChI is InChI=1S/C20H18F4N4O3/c1-28-10-14(9-25-28)19-26-16(7-17(27-19)18(30)6-12(8-21)11-29)13-2-4-15(5-3-13)31-20(22,23)24/h2-5,7,9-10,12,29H,6,8,11H2,1H3/t12-/m0/s1. The van der Waals surface area contributed by atoms with E-state index in [9.17, 15) is 22.4 Å². The Kier molecular flexibility index (Phi) is 6.64. The third-order valence-corrected chi connectivity index (χ3v) is 4.31. The number of aromatic nitrogens is 4. The lowest BCUT2D eigenvalue weighted by Gasteiger charge is -2.11. The van der Waals surface area contributed by atoms with Gasteiger partial charge in [-0.1, -0.05) is 0 Å². The average Bonchev–Trinajstić information content (AvgIpc) is 3.17. The van der Waals surface area contributed by atoms with Gasteiger partial charge in [-0.25, -0.2) is 9.97 Å². The molecule has 3 rings (SSSR count). The molecule has 7 nitrogen and oxygen atoms in total. The van der Waals surface area contributed by atoms with Gasteiger partial charge in [0.15, 0.2) is 11.6 Å². The predicted molar refractivity (Wildman–Crippen MR) is 102 cm³/mol. The van der Waals surface area contributed by atoms with Gasteiger partial charge in [0.25, 0.3) is 0 Å². The van der Waals surface area contributed by atoms with E-state index in [-0.39, 0.29) is 23.6 Å². The number of carbonyl (C=O) groups is 1. The number of ketones is 1. The lowest BCUT2D eigenvalue weighted by atomic mass is 10.0. The Morgan fingerprint density at radius 3 is 2.45 bits per heavy atom. The summed E-state index contributed by atoms with van der Waals surface area (Å²) in [4.78, 5) is 21.3. The number of nitrogens with zero attached hydrogens (tertiary/aromatic N) is 4. The van der Waals surface area contributed by atoms with Crippen molar-refractivity contribution in [1.29, 1.82) is 0 Å². The van der Waals surface area contributed by atoms with E-state index in [0.717, 1.165) is 12.1 Å². The molecule has 1 aromatic carbocycles. The van der Waals surface area contributed by atoms with Crippen molar-refractivity contribution in [2.24, 2.45) is 13.0 Å². The highest BCUT2D eigenvalue weighted by Crippen LogP contribution is 2.27. The van der Waals surface area contributed by atoms with Gasteiger partial charge in [0.05, 0.1) is 24.1 Å². The van der Waals surface area contributed by atoms with Crippen molar-refractivity contribution < 1.29 is 32.2 Å². The van der Waals surface area contributed by atoms with Crippen LogP contribution < -0.4 is 4.74 Å². The fraction of sp³-hybridized carbons (Fsp3) is 0.300. The van der Waals surface area contributed by atoms with Crippen LogP contribution >= 0.6 is 0 Å². The second kappa shape index (κ2) is 9.21. The molecule has 0 saturated heterocycles. The van der Waals surface area contributed by atoms with E-state index in [1.807, 2.05) is 0 Å². The molecule has 0 amide bonds. The van der Waals surface area contributed by atoms with Gasteiger partial charge in [0.2, 0.25) is 0 Å². The number of rotatable bonds is 8. The lowest BCUT2D eigenvalue weighted by Crippen LogP contribution is -2.17. The van der Waals surface area contributed by atoms with Gasteiger partial charge in [0, 0.05) is 37.8 Å². The van der Waals surface area contributed by atoms with Crippen molar-refractivity contribution in [1.82, 2.24) is 19.7 Å². The second-order valence-corrected chi connectivity index (χ2v) is 6.77. The molecule has 0 unspecified atom stereocenters. The number of ether oxygens (including phenoxy) is 1. The van der Waals surface area contributed by atoms with E-state index < -0.39 is 37.1 Å². The summed E-state index contributed by atoms with van der Waals surface area (Å²) in [5, 5.41) is 13.2. The molecule has 0 aliphatic heterocycles. The largest absolute Gasteiger partial charge is 0.573 e. The van der Waals surface area contributed by atoms with Crippen molar-refractivity contribution >= 4 is 5.78 Å². The van der Waals surface area contributed by atoms with E-state index in [2.05, 4.69) is 19.8 Å². The molecule has 0 saturated carbocycles. The Labute approximate surface area is 174 Å². The van der Waals surface area contributed by atoms with E-state index >= 15 is 0 Å². The zero-order valence-corrected chi connectivity index (χ0v) is 16.3. The fourth-order valence-electron chi connectivity index (χ4n) is 2.77. The van der Waals surface area contributed by atoms with Gasteiger partial charge in [-0.05, 0) is 30.3 Å². The number of carbonyl (C=O) groups excluding carboxylic acids is 1. The van der Waals surface area contributed by atoms with Crippen molar-refractivity contribution in [2.45, 2.75) is 12.8 Å². The summed E-state index contributed by atoms with van der Waals surface area (Å²) in [7, 11) is 1.69. The summed E-state index contributed by atoms with van der Waals surface area (Å²) in [5.74, 6) is -1.58. The van der Waals surface area contributed by atoms with Crippen LogP contribution in [0.3, 0.4) is 0 Å². The smallest absolute Gasteiger partial charge is 0.406 e. The topological polar surface area (TPSA) is 90.1 Å². The van der Waals surface area contributed by atoms with Crippen LogP contribution in [0.1, 0.15) is 16.9 Å². The van der Waals surface area contributed by atoms with Gasteiger partial charge in [0.1, 0.15) is 11.4 Å². The van der Waals surface area contributed by atoms with Crippen LogP contribution in [0.4, 0.5) is 17.6 Å². The number of benzene rings is 1. The first-order valence-corrected chi connectivity index (χ1v) is 9.13. The van der Waals surface area contributed by atoms with Crippen LogP contribution in [-0.2, 0) is 7.05 Å². The molecule has 31 heavy (non-hydrogen) atoms. The SMILES string of the molecule is Cn1cc(-c2nc(C(=O)C[C@H](CO)CF)cc(-c3ccc(OC(F)(F)F)cc3)n2)cn1. The Bertz CT molecular complexity index is 1050. The molecule has 2 aromatic heterocycles. The van der Waals surface area contributed by atoms with Crippen LogP contribution in [0.25, 0.3) is 22.6 Å². The minimum atomic E-state index is -4.82. The monoisotopic (exact) mass is 438 g/mol. The Morgan fingerprint density at radius 1 is 1.19 bits per heavy atom. The molecule has 1 N–H and O–H groups in total. The van der Waals surface area contributed by atoms with Gasteiger partial charge in [-0.15, -0.1) is 13.2 Å². The number of aliphatic hydroxyl groups is 1.